The Morgan fingerprint density at radius 1 is 1.00 bits per heavy atom. The van der Waals surface area contributed by atoms with Gasteiger partial charge in [-0.15, -0.1) is 0 Å². The van der Waals surface area contributed by atoms with Crippen LogP contribution < -0.4 is 0 Å². The molecule has 0 aromatic heterocycles. The van der Waals surface area contributed by atoms with E-state index in [1.54, 1.807) is 0 Å². The molecule has 2 heteroatoms. The predicted molar refractivity (Wildman–Crippen MR) is 52.8 cm³/mol. The van der Waals surface area contributed by atoms with Crippen molar-refractivity contribution in [3.05, 3.63) is 0 Å². The Balaban J connectivity index is 0. The maximum atomic E-state index is 2.18. The zero-order valence-corrected chi connectivity index (χ0v) is 9.31. The lowest BCUT2D eigenvalue weighted by Crippen LogP contribution is -2.33. The van der Waals surface area contributed by atoms with E-state index in [2.05, 4.69) is 54.0 Å². The van der Waals surface area contributed by atoms with Gasteiger partial charge in [-0.2, -0.15) is 0 Å². The third-order valence-corrected chi connectivity index (χ3v) is 1.58. The van der Waals surface area contributed by atoms with Crippen LogP contribution in [0.5, 0.6) is 0 Å². The molecule has 11 heavy (non-hydrogen) atoms. The Labute approximate surface area is 72.4 Å². The Bertz CT molecular complexity index is 72.1. The predicted octanol–water partition coefficient (Wildman–Crippen LogP) is 1.28. The molecule has 0 atom stereocenters. The zero-order chi connectivity index (χ0) is 9.49. The molecule has 0 amide bonds. The van der Waals surface area contributed by atoms with Crippen molar-refractivity contribution in [3.63, 3.8) is 0 Å². The second kappa shape index (κ2) is 6.62. The minimum Gasteiger partial charge on any atom is -0.331 e. The molecule has 0 bridgehead atoms. The van der Waals surface area contributed by atoms with E-state index in [9.17, 15) is 0 Å². The molecule has 70 valence electrons. The molecule has 0 N–H and O–H groups in total. The highest BCUT2D eigenvalue weighted by molar-refractivity contribution is 4.25. The summed E-state index contributed by atoms with van der Waals surface area (Å²) in [5.41, 5.74) is 0. The van der Waals surface area contributed by atoms with Crippen molar-refractivity contribution in [1.82, 2.24) is 4.90 Å². The summed E-state index contributed by atoms with van der Waals surface area (Å²) in [5.74, 6) is 0. The van der Waals surface area contributed by atoms with E-state index < -0.39 is 0 Å². The number of quaternary nitrogens is 1. The van der Waals surface area contributed by atoms with E-state index in [1.165, 1.54) is 6.54 Å². The van der Waals surface area contributed by atoms with Gasteiger partial charge in [0.05, 0.1) is 27.7 Å². The van der Waals surface area contributed by atoms with Crippen LogP contribution in [-0.2, 0) is 0 Å². The van der Waals surface area contributed by atoms with Gasteiger partial charge in [-0.05, 0) is 27.6 Å². The van der Waals surface area contributed by atoms with Gasteiger partial charge in [0, 0.05) is 0 Å². The summed E-state index contributed by atoms with van der Waals surface area (Å²) < 4.78 is 1.07. The maximum Gasteiger partial charge on any atom is 0.0751 e. The molecule has 2 nitrogen and oxygen atoms in total. The van der Waals surface area contributed by atoms with E-state index in [0.717, 1.165) is 11.0 Å². The van der Waals surface area contributed by atoms with Gasteiger partial charge in [0.2, 0.25) is 0 Å². The van der Waals surface area contributed by atoms with E-state index >= 15 is 0 Å². The van der Waals surface area contributed by atoms with Gasteiger partial charge >= 0.3 is 0 Å². The molecule has 0 aromatic carbocycles. The second-order valence-electron chi connectivity index (χ2n) is 4.00. The maximum absolute atomic E-state index is 2.18. The van der Waals surface area contributed by atoms with Crippen LogP contribution in [-0.4, -0.2) is 57.7 Å². The molecular weight excluding hydrogens is 136 g/mol. The molecule has 0 saturated carbocycles. The minimum atomic E-state index is 1.07. The van der Waals surface area contributed by atoms with Gasteiger partial charge < -0.3 is 9.38 Å². The first-order chi connectivity index (χ1) is 4.83. The van der Waals surface area contributed by atoms with Crippen LogP contribution in [0.3, 0.4) is 0 Å². The van der Waals surface area contributed by atoms with Crippen molar-refractivity contribution in [2.45, 2.75) is 13.8 Å². The van der Waals surface area contributed by atoms with E-state index in [-0.39, 0.29) is 0 Å². The lowest BCUT2D eigenvalue weighted by Gasteiger charge is -2.20. The lowest BCUT2D eigenvalue weighted by molar-refractivity contribution is -0.868. The largest absolute Gasteiger partial charge is 0.331 e. The molecule has 0 heterocycles. The van der Waals surface area contributed by atoms with Gasteiger partial charge in [0.1, 0.15) is 0 Å². The van der Waals surface area contributed by atoms with Crippen LogP contribution in [0.25, 0.3) is 0 Å². The first-order valence-corrected chi connectivity index (χ1v) is 4.28. The van der Waals surface area contributed by atoms with Crippen LogP contribution in [0.4, 0.5) is 0 Å². The summed E-state index contributed by atoms with van der Waals surface area (Å²) in [6, 6.07) is 0. The smallest absolute Gasteiger partial charge is 0.0751 e. The highest BCUT2D eigenvalue weighted by Gasteiger charge is 1.97. The van der Waals surface area contributed by atoms with Crippen molar-refractivity contribution < 1.29 is 4.48 Å². The molecule has 0 rings (SSSR count). The molecule has 0 fully saturated rings. The third kappa shape index (κ3) is 25.7. The van der Waals surface area contributed by atoms with Crippen molar-refractivity contribution in [2.24, 2.45) is 0 Å². The summed E-state index contributed by atoms with van der Waals surface area (Å²) >= 11 is 0. The molecule has 0 aromatic rings. The Morgan fingerprint density at radius 3 is 1.18 bits per heavy atom. The van der Waals surface area contributed by atoms with E-state index in [1.807, 2.05) is 0 Å². The minimum absolute atomic E-state index is 1.07. The molecule has 0 aliphatic carbocycles. The summed E-state index contributed by atoms with van der Waals surface area (Å²) in [5, 5.41) is 0. The third-order valence-electron chi connectivity index (χ3n) is 1.58. The van der Waals surface area contributed by atoms with E-state index in [0.29, 0.717) is 0 Å². The first-order valence-electron chi connectivity index (χ1n) is 4.28. The first kappa shape index (κ1) is 13.5. The SMILES string of the molecule is CCN(C)C.CC[N+](C)(C)C. The highest BCUT2D eigenvalue weighted by atomic mass is 15.3. The molecule has 0 unspecified atom stereocenters. The van der Waals surface area contributed by atoms with E-state index in [4.69, 9.17) is 0 Å². The number of hydrogen-bond donors (Lipinski definition) is 0. The normalized spacial score (nSPS) is 10.9. The Kier molecular flexibility index (Phi) is 8.13. The van der Waals surface area contributed by atoms with Crippen LogP contribution >= 0.6 is 0 Å². The fourth-order valence-electron chi connectivity index (χ4n) is 0. The summed E-state index contributed by atoms with van der Waals surface area (Å²) in [7, 11) is 10.7. The standard InChI is InChI=1S/C5H14N.C4H11N/c1-5-6(2,3)4;1-4-5(2)3/h5H2,1-4H3;4H2,1-3H3/q+1;. The lowest BCUT2D eigenvalue weighted by atomic mass is 10.6. The van der Waals surface area contributed by atoms with Crippen LogP contribution in [0.2, 0.25) is 0 Å². The molecule has 0 radical (unpaired) electrons. The number of nitrogens with zero attached hydrogens (tertiary/aromatic N) is 2. The monoisotopic (exact) mass is 161 g/mol. The number of rotatable bonds is 2. The topological polar surface area (TPSA) is 3.24 Å². The van der Waals surface area contributed by atoms with Crippen molar-refractivity contribution >= 4 is 0 Å². The fraction of sp³-hybridized carbons (Fsp3) is 1.00. The molecular formula is C9H25N2+. The van der Waals surface area contributed by atoms with Crippen LogP contribution in [0.15, 0.2) is 0 Å². The molecule has 0 saturated heterocycles. The van der Waals surface area contributed by atoms with Gasteiger partial charge in [-0.1, -0.05) is 6.92 Å². The average Bonchev–Trinajstić information content (AvgIpc) is 1.88. The van der Waals surface area contributed by atoms with Gasteiger partial charge in [0.15, 0.2) is 0 Å². The molecule has 0 spiro atoms. The summed E-state index contributed by atoms with van der Waals surface area (Å²) in [4.78, 5) is 2.12. The highest BCUT2D eigenvalue weighted by Crippen LogP contribution is 1.83. The second-order valence-corrected chi connectivity index (χ2v) is 4.00. The Morgan fingerprint density at radius 2 is 1.18 bits per heavy atom. The quantitative estimate of drug-likeness (QED) is 0.552. The van der Waals surface area contributed by atoms with Crippen LogP contribution in [0.1, 0.15) is 13.8 Å². The van der Waals surface area contributed by atoms with Gasteiger partial charge in [-0.3, -0.25) is 0 Å². The zero-order valence-electron chi connectivity index (χ0n) is 9.31. The fourth-order valence-corrected chi connectivity index (χ4v) is 0. The van der Waals surface area contributed by atoms with Gasteiger partial charge in [-0.25, -0.2) is 0 Å². The Hall–Kier alpha value is -0.0800. The summed E-state index contributed by atoms with van der Waals surface area (Å²) in [6.45, 7) is 6.65. The number of hydrogen-bond acceptors (Lipinski definition) is 1. The van der Waals surface area contributed by atoms with Gasteiger partial charge in [0.25, 0.3) is 0 Å². The van der Waals surface area contributed by atoms with Crippen molar-refractivity contribution in [3.8, 4) is 0 Å². The summed E-state index contributed by atoms with van der Waals surface area (Å²) in [6.07, 6.45) is 0. The van der Waals surface area contributed by atoms with Crippen LogP contribution in [0, 0.1) is 0 Å². The average molecular weight is 161 g/mol. The van der Waals surface area contributed by atoms with Crippen molar-refractivity contribution in [2.75, 3.05) is 48.3 Å². The molecule has 0 aliphatic heterocycles. The van der Waals surface area contributed by atoms with Crippen molar-refractivity contribution in [1.29, 1.82) is 0 Å². The molecule has 0 aliphatic rings.